The Hall–Kier alpha value is -1.39. The van der Waals surface area contributed by atoms with E-state index in [-0.39, 0.29) is 18.4 Å². The Bertz CT molecular complexity index is 290. The smallest absolute Gasteiger partial charge is 0.303 e. The van der Waals surface area contributed by atoms with E-state index < -0.39 is 5.97 Å². The highest BCUT2D eigenvalue weighted by Crippen LogP contribution is 2.18. The molecule has 0 aliphatic carbocycles. The van der Waals surface area contributed by atoms with E-state index in [9.17, 15) is 14.4 Å². The van der Waals surface area contributed by atoms with Crippen LogP contribution in [0.3, 0.4) is 0 Å². The van der Waals surface area contributed by atoms with Gasteiger partial charge < -0.3 is 14.8 Å². The van der Waals surface area contributed by atoms with Crippen LogP contribution in [0.1, 0.15) is 44.9 Å². The summed E-state index contributed by atoms with van der Waals surface area (Å²) in [6.45, 7) is 0.620. The molecule has 1 atom stereocenters. The molecule has 0 bridgehead atoms. The van der Waals surface area contributed by atoms with E-state index in [1.807, 2.05) is 0 Å². The largest absolute Gasteiger partial charge is 0.481 e. The lowest BCUT2D eigenvalue weighted by molar-refractivity contribution is -0.137. The lowest BCUT2D eigenvalue weighted by atomic mass is 10.1. The molecule has 0 saturated carbocycles. The van der Waals surface area contributed by atoms with Gasteiger partial charge >= 0.3 is 5.97 Å². The molecule has 0 aromatic heterocycles. The molecule has 0 radical (unpaired) electrons. The zero-order chi connectivity index (χ0) is 12.7. The maximum Gasteiger partial charge on any atom is 0.303 e. The first-order chi connectivity index (χ1) is 8.15. The molecule has 0 unspecified atom stereocenters. The standard InChI is InChI=1S/C12H19NO4/c14-9-10-6-7-11(15)13(10)8-4-2-1-3-5-12(16)17/h9-10H,1-8H2,(H,16,17)/t10-/m1/s1. The van der Waals surface area contributed by atoms with Crippen LogP contribution in [0.2, 0.25) is 0 Å². The van der Waals surface area contributed by atoms with Crippen molar-refractivity contribution in [2.75, 3.05) is 6.54 Å². The van der Waals surface area contributed by atoms with Gasteiger partial charge in [0.25, 0.3) is 0 Å². The van der Waals surface area contributed by atoms with E-state index in [0.717, 1.165) is 25.5 Å². The average molecular weight is 241 g/mol. The second-order valence-electron chi connectivity index (χ2n) is 4.39. The summed E-state index contributed by atoms with van der Waals surface area (Å²) in [5.41, 5.74) is 0. The predicted molar refractivity (Wildman–Crippen MR) is 61.5 cm³/mol. The fourth-order valence-electron chi connectivity index (χ4n) is 2.10. The fraction of sp³-hybridized carbons (Fsp3) is 0.750. The first-order valence-electron chi connectivity index (χ1n) is 6.11. The van der Waals surface area contributed by atoms with Gasteiger partial charge in [-0.25, -0.2) is 0 Å². The van der Waals surface area contributed by atoms with Crippen molar-refractivity contribution in [2.24, 2.45) is 0 Å². The number of carbonyl (C=O) groups excluding carboxylic acids is 2. The summed E-state index contributed by atoms with van der Waals surface area (Å²) in [4.78, 5) is 34.1. The zero-order valence-electron chi connectivity index (χ0n) is 9.93. The SMILES string of the molecule is O=C[C@H]1CCC(=O)N1CCCCCCC(=O)O. The van der Waals surface area contributed by atoms with Crippen molar-refractivity contribution in [3.63, 3.8) is 0 Å². The van der Waals surface area contributed by atoms with Crippen LogP contribution < -0.4 is 0 Å². The van der Waals surface area contributed by atoms with Gasteiger partial charge in [0.2, 0.25) is 5.91 Å². The van der Waals surface area contributed by atoms with Crippen molar-refractivity contribution >= 4 is 18.2 Å². The number of unbranched alkanes of at least 4 members (excludes halogenated alkanes) is 3. The van der Waals surface area contributed by atoms with Crippen molar-refractivity contribution in [1.82, 2.24) is 4.90 Å². The highest BCUT2D eigenvalue weighted by molar-refractivity contribution is 5.83. The van der Waals surface area contributed by atoms with Crippen molar-refractivity contribution in [2.45, 2.75) is 51.0 Å². The lowest BCUT2D eigenvalue weighted by Crippen LogP contribution is -2.34. The number of likely N-dealkylation sites (tertiary alicyclic amines) is 1. The number of amides is 1. The number of hydrogen-bond donors (Lipinski definition) is 1. The van der Waals surface area contributed by atoms with Crippen molar-refractivity contribution in [3.8, 4) is 0 Å². The molecular weight excluding hydrogens is 222 g/mol. The molecule has 1 rings (SSSR count). The molecule has 96 valence electrons. The molecule has 1 amide bonds. The first-order valence-corrected chi connectivity index (χ1v) is 6.11. The molecular formula is C12H19NO4. The van der Waals surface area contributed by atoms with Crippen molar-refractivity contribution in [1.29, 1.82) is 0 Å². The van der Waals surface area contributed by atoms with E-state index in [1.165, 1.54) is 0 Å². The summed E-state index contributed by atoms with van der Waals surface area (Å²) < 4.78 is 0. The third-order valence-corrected chi connectivity index (χ3v) is 3.07. The van der Waals surface area contributed by atoms with Gasteiger partial charge in [-0.15, -0.1) is 0 Å². The van der Waals surface area contributed by atoms with E-state index in [2.05, 4.69) is 0 Å². The van der Waals surface area contributed by atoms with Crippen LogP contribution in [0.5, 0.6) is 0 Å². The van der Waals surface area contributed by atoms with Crippen LogP contribution in [0.15, 0.2) is 0 Å². The van der Waals surface area contributed by atoms with Gasteiger partial charge in [-0.05, 0) is 19.3 Å². The third-order valence-electron chi connectivity index (χ3n) is 3.07. The number of hydrogen-bond acceptors (Lipinski definition) is 3. The Morgan fingerprint density at radius 3 is 2.71 bits per heavy atom. The summed E-state index contributed by atoms with van der Waals surface area (Å²) in [6.07, 6.45) is 5.46. The Morgan fingerprint density at radius 2 is 2.06 bits per heavy atom. The lowest BCUT2D eigenvalue weighted by Gasteiger charge is -2.20. The van der Waals surface area contributed by atoms with Crippen LogP contribution in [0.25, 0.3) is 0 Å². The maximum atomic E-state index is 11.4. The number of carbonyl (C=O) groups is 3. The van der Waals surface area contributed by atoms with Gasteiger partial charge in [-0.2, -0.15) is 0 Å². The van der Waals surface area contributed by atoms with Crippen LogP contribution in [-0.4, -0.2) is 40.8 Å². The van der Waals surface area contributed by atoms with Crippen LogP contribution in [-0.2, 0) is 14.4 Å². The molecule has 1 aliphatic heterocycles. The van der Waals surface area contributed by atoms with Crippen LogP contribution >= 0.6 is 0 Å². The van der Waals surface area contributed by atoms with Crippen molar-refractivity contribution in [3.05, 3.63) is 0 Å². The van der Waals surface area contributed by atoms with Crippen LogP contribution in [0, 0.1) is 0 Å². The minimum Gasteiger partial charge on any atom is -0.481 e. The quantitative estimate of drug-likeness (QED) is 0.512. The van der Waals surface area contributed by atoms with E-state index in [0.29, 0.717) is 25.8 Å². The Labute approximate surface area is 101 Å². The first kappa shape index (κ1) is 13.7. The van der Waals surface area contributed by atoms with Gasteiger partial charge in [-0.1, -0.05) is 12.8 Å². The van der Waals surface area contributed by atoms with E-state index >= 15 is 0 Å². The molecule has 1 aliphatic rings. The van der Waals surface area contributed by atoms with Gasteiger partial charge in [0.15, 0.2) is 0 Å². The highest BCUT2D eigenvalue weighted by Gasteiger charge is 2.29. The molecule has 1 fully saturated rings. The van der Waals surface area contributed by atoms with Gasteiger partial charge in [0.05, 0.1) is 6.04 Å². The second-order valence-corrected chi connectivity index (χ2v) is 4.39. The molecule has 1 heterocycles. The molecule has 1 N–H and O–H groups in total. The summed E-state index contributed by atoms with van der Waals surface area (Å²) in [5, 5.41) is 8.45. The normalized spacial score (nSPS) is 19.6. The monoisotopic (exact) mass is 241 g/mol. The third kappa shape index (κ3) is 4.54. The van der Waals surface area contributed by atoms with Gasteiger partial charge in [0.1, 0.15) is 6.29 Å². The Balaban J connectivity index is 2.11. The van der Waals surface area contributed by atoms with Gasteiger partial charge in [-0.3, -0.25) is 9.59 Å². The minimum absolute atomic E-state index is 0.0626. The second kappa shape index (κ2) is 7.04. The van der Waals surface area contributed by atoms with Gasteiger partial charge in [0, 0.05) is 19.4 Å². The zero-order valence-corrected chi connectivity index (χ0v) is 9.93. The summed E-state index contributed by atoms with van der Waals surface area (Å²) in [7, 11) is 0. The number of rotatable bonds is 8. The number of aliphatic carboxylic acids is 1. The molecule has 0 spiro atoms. The Morgan fingerprint density at radius 1 is 1.35 bits per heavy atom. The molecule has 0 aromatic carbocycles. The fourth-order valence-corrected chi connectivity index (χ4v) is 2.10. The molecule has 17 heavy (non-hydrogen) atoms. The van der Waals surface area contributed by atoms with Crippen molar-refractivity contribution < 1.29 is 19.5 Å². The molecule has 5 nitrogen and oxygen atoms in total. The summed E-state index contributed by atoms with van der Waals surface area (Å²) in [5.74, 6) is -0.701. The Kier molecular flexibility index (Phi) is 5.66. The van der Waals surface area contributed by atoms with Crippen LogP contribution in [0.4, 0.5) is 0 Å². The topological polar surface area (TPSA) is 74.7 Å². The van der Waals surface area contributed by atoms with E-state index in [1.54, 1.807) is 4.90 Å². The predicted octanol–water partition coefficient (Wildman–Crippen LogP) is 1.21. The number of aldehydes is 1. The summed E-state index contributed by atoms with van der Waals surface area (Å²) >= 11 is 0. The number of carboxylic acid groups (broad SMARTS) is 1. The van der Waals surface area contributed by atoms with E-state index in [4.69, 9.17) is 5.11 Å². The summed E-state index contributed by atoms with van der Waals surface area (Å²) in [6, 6.07) is -0.235. The molecule has 0 aromatic rings. The number of nitrogens with zero attached hydrogens (tertiary/aromatic N) is 1. The highest BCUT2D eigenvalue weighted by atomic mass is 16.4. The molecule has 5 heteroatoms. The average Bonchev–Trinajstić information content (AvgIpc) is 2.64. The molecule has 1 saturated heterocycles. The minimum atomic E-state index is -0.763. The maximum absolute atomic E-state index is 11.4. The number of carboxylic acids is 1.